The highest BCUT2D eigenvalue weighted by atomic mass is 32.1. The molecule has 0 bridgehead atoms. The molecule has 3 rings (SSSR count). The van der Waals surface area contributed by atoms with Crippen LogP contribution in [-0.4, -0.2) is 6.54 Å². The smallest absolute Gasteiger partial charge is 0.0302 e. The molecule has 20 heavy (non-hydrogen) atoms. The molecule has 2 heteroatoms. The summed E-state index contributed by atoms with van der Waals surface area (Å²) in [7, 11) is 0. The van der Waals surface area contributed by atoms with E-state index >= 15 is 0 Å². The van der Waals surface area contributed by atoms with Gasteiger partial charge in [-0.2, -0.15) is 0 Å². The zero-order valence-electron chi connectivity index (χ0n) is 12.2. The van der Waals surface area contributed by atoms with Gasteiger partial charge < -0.3 is 5.32 Å². The van der Waals surface area contributed by atoms with Gasteiger partial charge in [-0.25, -0.2) is 0 Å². The van der Waals surface area contributed by atoms with Crippen LogP contribution in [0.2, 0.25) is 0 Å². The van der Waals surface area contributed by atoms with Gasteiger partial charge in [0.25, 0.3) is 0 Å². The van der Waals surface area contributed by atoms with Crippen molar-refractivity contribution in [1.82, 2.24) is 5.32 Å². The topological polar surface area (TPSA) is 12.0 Å². The minimum absolute atomic E-state index is 0.699. The van der Waals surface area contributed by atoms with E-state index in [4.69, 9.17) is 0 Å². The van der Waals surface area contributed by atoms with Crippen molar-refractivity contribution >= 4 is 11.3 Å². The zero-order chi connectivity index (χ0) is 13.8. The molecule has 1 heterocycles. The van der Waals surface area contributed by atoms with Crippen molar-refractivity contribution in [2.24, 2.45) is 0 Å². The Balaban J connectivity index is 1.60. The minimum Gasteiger partial charge on any atom is -0.311 e. The molecule has 0 amide bonds. The van der Waals surface area contributed by atoms with Crippen LogP contribution >= 0.6 is 11.3 Å². The van der Waals surface area contributed by atoms with Gasteiger partial charge in [-0.15, -0.1) is 11.3 Å². The molecule has 1 unspecified atom stereocenters. The number of rotatable bonds is 5. The van der Waals surface area contributed by atoms with Gasteiger partial charge in [0.05, 0.1) is 0 Å². The van der Waals surface area contributed by atoms with Gasteiger partial charge in [0.1, 0.15) is 0 Å². The van der Waals surface area contributed by atoms with Crippen LogP contribution in [0.25, 0.3) is 0 Å². The average molecular weight is 285 g/mol. The monoisotopic (exact) mass is 285 g/mol. The van der Waals surface area contributed by atoms with E-state index in [0.717, 1.165) is 19.5 Å². The summed E-state index contributed by atoms with van der Waals surface area (Å²) in [6.45, 7) is 4.38. The van der Waals surface area contributed by atoms with E-state index in [0.29, 0.717) is 5.92 Å². The first-order chi connectivity index (χ1) is 9.88. The Morgan fingerprint density at radius 3 is 3.05 bits per heavy atom. The second-order valence-electron chi connectivity index (χ2n) is 5.64. The van der Waals surface area contributed by atoms with E-state index < -0.39 is 0 Å². The summed E-state index contributed by atoms with van der Waals surface area (Å²) in [5.74, 6) is 0.699. The van der Waals surface area contributed by atoms with Gasteiger partial charge >= 0.3 is 0 Å². The van der Waals surface area contributed by atoms with E-state index in [1.54, 1.807) is 11.1 Å². The summed E-state index contributed by atoms with van der Waals surface area (Å²) in [4.78, 5) is 1.51. The Morgan fingerprint density at radius 2 is 2.15 bits per heavy atom. The molecule has 1 aromatic heterocycles. The molecule has 0 fully saturated rings. The standard InChI is InChI=1S/C18H23NS/c1-2-14-10-11-20-18(14)13-19-12-16-8-5-7-15-6-3-4-9-17(15)16/h3-4,6,9-11,16,19H,2,5,7-8,12-13H2,1H3. The Bertz CT molecular complexity index is 558. The van der Waals surface area contributed by atoms with Gasteiger partial charge in [-0.3, -0.25) is 0 Å². The van der Waals surface area contributed by atoms with Crippen molar-refractivity contribution in [3.05, 3.63) is 57.3 Å². The molecule has 2 aromatic rings. The molecule has 1 nitrogen and oxygen atoms in total. The maximum atomic E-state index is 3.68. The lowest BCUT2D eigenvalue weighted by Crippen LogP contribution is -2.24. The molecule has 1 aliphatic rings. The van der Waals surface area contributed by atoms with Crippen LogP contribution in [0, 0.1) is 0 Å². The molecule has 1 aromatic carbocycles. The maximum Gasteiger partial charge on any atom is 0.0302 e. The fraction of sp³-hybridized carbons (Fsp3) is 0.444. The third-order valence-electron chi connectivity index (χ3n) is 4.39. The molecular weight excluding hydrogens is 262 g/mol. The first-order valence-electron chi connectivity index (χ1n) is 7.72. The number of hydrogen-bond acceptors (Lipinski definition) is 2. The third kappa shape index (κ3) is 2.97. The molecule has 0 spiro atoms. The van der Waals surface area contributed by atoms with E-state index in [1.165, 1.54) is 29.7 Å². The molecule has 0 saturated heterocycles. The number of aryl methyl sites for hydroxylation is 2. The lowest BCUT2D eigenvalue weighted by molar-refractivity contribution is 0.508. The molecule has 1 N–H and O–H groups in total. The van der Waals surface area contributed by atoms with E-state index in [2.05, 4.69) is 48.0 Å². The van der Waals surface area contributed by atoms with Gasteiger partial charge in [0, 0.05) is 18.0 Å². The van der Waals surface area contributed by atoms with Gasteiger partial charge in [-0.05, 0) is 59.7 Å². The largest absolute Gasteiger partial charge is 0.311 e. The summed E-state index contributed by atoms with van der Waals surface area (Å²) < 4.78 is 0. The second-order valence-corrected chi connectivity index (χ2v) is 6.64. The highest BCUT2D eigenvalue weighted by Crippen LogP contribution is 2.31. The molecule has 106 valence electrons. The summed E-state index contributed by atoms with van der Waals surface area (Å²) >= 11 is 1.88. The fourth-order valence-electron chi connectivity index (χ4n) is 3.26. The predicted octanol–water partition coefficient (Wildman–Crippen LogP) is 4.52. The van der Waals surface area contributed by atoms with Crippen molar-refractivity contribution in [3.63, 3.8) is 0 Å². The first kappa shape index (κ1) is 13.8. The van der Waals surface area contributed by atoms with E-state index in [9.17, 15) is 0 Å². The Morgan fingerprint density at radius 1 is 1.25 bits per heavy atom. The van der Waals surface area contributed by atoms with Gasteiger partial charge in [-0.1, -0.05) is 31.2 Å². The number of fused-ring (bicyclic) bond motifs is 1. The fourth-order valence-corrected chi connectivity index (χ4v) is 4.21. The molecular formula is C18H23NS. The van der Waals surface area contributed by atoms with Crippen LogP contribution in [0.3, 0.4) is 0 Å². The third-order valence-corrected chi connectivity index (χ3v) is 5.35. The molecule has 0 saturated carbocycles. The number of thiophene rings is 1. The first-order valence-corrected chi connectivity index (χ1v) is 8.60. The van der Waals surface area contributed by atoms with Crippen LogP contribution < -0.4 is 5.32 Å². The maximum absolute atomic E-state index is 3.68. The van der Waals surface area contributed by atoms with Crippen LogP contribution in [0.1, 0.15) is 47.3 Å². The SMILES string of the molecule is CCc1ccsc1CNCC1CCCc2ccccc21. The second kappa shape index (κ2) is 6.55. The van der Waals surface area contributed by atoms with E-state index in [1.807, 2.05) is 11.3 Å². The van der Waals surface area contributed by atoms with Gasteiger partial charge in [0.15, 0.2) is 0 Å². The summed E-state index contributed by atoms with van der Waals surface area (Å²) in [6.07, 6.45) is 5.07. The van der Waals surface area contributed by atoms with Crippen LogP contribution in [0.5, 0.6) is 0 Å². The van der Waals surface area contributed by atoms with Crippen LogP contribution in [-0.2, 0) is 19.4 Å². The number of hydrogen-bond donors (Lipinski definition) is 1. The highest BCUT2D eigenvalue weighted by Gasteiger charge is 2.19. The van der Waals surface area contributed by atoms with E-state index in [-0.39, 0.29) is 0 Å². The van der Waals surface area contributed by atoms with Gasteiger partial charge in [0.2, 0.25) is 0 Å². The van der Waals surface area contributed by atoms with Crippen LogP contribution in [0.15, 0.2) is 35.7 Å². The number of nitrogens with one attached hydrogen (secondary N) is 1. The lowest BCUT2D eigenvalue weighted by atomic mass is 9.83. The summed E-state index contributed by atoms with van der Waals surface area (Å²) in [5, 5.41) is 5.90. The van der Waals surface area contributed by atoms with Crippen molar-refractivity contribution in [2.75, 3.05) is 6.54 Å². The molecule has 1 atom stereocenters. The normalized spacial score (nSPS) is 17.9. The predicted molar refractivity (Wildman–Crippen MR) is 87.5 cm³/mol. The average Bonchev–Trinajstić information content (AvgIpc) is 2.95. The van der Waals surface area contributed by atoms with Crippen molar-refractivity contribution in [2.45, 2.75) is 45.1 Å². The lowest BCUT2D eigenvalue weighted by Gasteiger charge is -2.25. The van der Waals surface area contributed by atoms with Crippen molar-refractivity contribution in [3.8, 4) is 0 Å². The van der Waals surface area contributed by atoms with Crippen molar-refractivity contribution in [1.29, 1.82) is 0 Å². The van der Waals surface area contributed by atoms with Crippen molar-refractivity contribution < 1.29 is 0 Å². The minimum atomic E-state index is 0.699. The highest BCUT2D eigenvalue weighted by molar-refractivity contribution is 7.10. The molecule has 0 radical (unpaired) electrons. The summed E-state index contributed by atoms with van der Waals surface area (Å²) in [6, 6.07) is 11.2. The quantitative estimate of drug-likeness (QED) is 0.851. The molecule has 1 aliphatic carbocycles. The number of benzene rings is 1. The van der Waals surface area contributed by atoms with Crippen LogP contribution in [0.4, 0.5) is 0 Å². The Hall–Kier alpha value is -1.12. The summed E-state index contributed by atoms with van der Waals surface area (Å²) in [5.41, 5.74) is 4.65. The Labute approximate surface area is 126 Å². The molecule has 0 aliphatic heterocycles. The zero-order valence-corrected chi connectivity index (χ0v) is 13.0. The Kier molecular flexibility index (Phi) is 4.54.